The van der Waals surface area contributed by atoms with Gasteiger partial charge in [0, 0.05) is 17.5 Å². The van der Waals surface area contributed by atoms with Gasteiger partial charge >= 0.3 is 0 Å². The smallest absolute Gasteiger partial charge is 0.0794 e. The fraction of sp³-hybridized carbons (Fsp3) is 0.167. The van der Waals surface area contributed by atoms with E-state index in [1.165, 1.54) is 4.88 Å². The molecule has 2 nitrogen and oxygen atoms in total. The lowest BCUT2D eigenvalue weighted by Crippen LogP contribution is -1.70. The first kappa shape index (κ1) is 6.29. The fourth-order valence-electron chi connectivity index (χ4n) is 0.512. The topological polar surface area (TPSA) is 33.1 Å². The number of nitrogens with zero attached hydrogens (tertiary/aromatic N) is 1. The normalized spacial score (nSPS) is 10.7. The molecular formula is C6H7NOS. The molecule has 48 valence electrons. The molecule has 3 heteroatoms. The van der Waals surface area contributed by atoms with Crippen LogP contribution in [0, 0.1) is 0 Å². The molecule has 1 heterocycles. The van der Waals surface area contributed by atoms with Crippen LogP contribution >= 0.6 is 11.3 Å². The molecule has 0 unspecified atom stereocenters. The molecule has 0 saturated heterocycles. The van der Waals surface area contributed by atoms with Crippen molar-refractivity contribution in [1.82, 2.24) is 4.98 Å². The number of aliphatic hydroxyl groups excluding tert-OH is 1. The fourth-order valence-corrected chi connectivity index (χ4v) is 1.08. The highest BCUT2D eigenvalue weighted by Gasteiger charge is 1.87. The minimum Gasteiger partial charge on any atom is -0.516 e. The highest BCUT2D eigenvalue weighted by molar-refractivity contribution is 7.09. The van der Waals surface area contributed by atoms with Crippen molar-refractivity contribution in [3.63, 3.8) is 0 Å². The summed E-state index contributed by atoms with van der Waals surface area (Å²) in [7, 11) is 0. The monoisotopic (exact) mass is 141 g/mol. The average Bonchev–Trinajstić information content (AvgIpc) is 2.34. The Morgan fingerprint density at radius 1 is 1.78 bits per heavy atom. The van der Waals surface area contributed by atoms with E-state index in [0.717, 1.165) is 12.7 Å². The van der Waals surface area contributed by atoms with Gasteiger partial charge in [0.05, 0.1) is 11.8 Å². The van der Waals surface area contributed by atoms with Gasteiger partial charge in [0.1, 0.15) is 0 Å². The first-order valence-electron chi connectivity index (χ1n) is 2.60. The Hall–Kier alpha value is -0.830. The lowest BCUT2D eigenvalue weighted by Gasteiger charge is -1.81. The van der Waals surface area contributed by atoms with Crippen LogP contribution in [0.3, 0.4) is 0 Å². The van der Waals surface area contributed by atoms with Crippen LogP contribution in [-0.4, -0.2) is 10.1 Å². The van der Waals surface area contributed by atoms with Crippen LogP contribution in [0.5, 0.6) is 0 Å². The van der Waals surface area contributed by atoms with Crippen LogP contribution < -0.4 is 0 Å². The average molecular weight is 141 g/mol. The number of thiazole rings is 1. The van der Waals surface area contributed by atoms with Crippen molar-refractivity contribution in [2.24, 2.45) is 0 Å². The summed E-state index contributed by atoms with van der Waals surface area (Å²) in [5.74, 6) is 0. The summed E-state index contributed by atoms with van der Waals surface area (Å²) in [6, 6.07) is 0. The first-order valence-corrected chi connectivity index (χ1v) is 3.48. The molecule has 1 rings (SSSR count). The standard InChI is InChI=1S/C6H7NOS/c8-3-1-2-6-4-7-5-9-6/h1,3-5,8H,2H2. The lowest BCUT2D eigenvalue weighted by atomic mass is 10.4. The van der Waals surface area contributed by atoms with Crippen molar-refractivity contribution in [2.45, 2.75) is 6.42 Å². The van der Waals surface area contributed by atoms with Crippen LogP contribution in [0.1, 0.15) is 4.88 Å². The second-order valence-corrected chi connectivity index (χ2v) is 2.53. The van der Waals surface area contributed by atoms with Gasteiger partial charge in [-0.2, -0.15) is 0 Å². The summed E-state index contributed by atoms with van der Waals surface area (Å²) in [6.07, 6.45) is 5.32. The summed E-state index contributed by atoms with van der Waals surface area (Å²) >= 11 is 1.59. The molecule has 0 aromatic carbocycles. The number of rotatable bonds is 2. The van der Waals surface area contributed by atoms with Gasteiger partial charge in [-0.25, -0.2) is 0 Å². The molecule has 0 aliphatic rings. The van der Waals surface area contributed by atoms with Crippen molar-refractivity contribution in [3.8, 4) is 0 Å². The Morgan fingerprint density at radius 2 is 2.67 bits per heavy atom. The quantitative estimate of drug-likeness (QED) is 0.636. The summed E-state index contributed by atoms with van der Waals surface area (Å²) < 4.78 is 0. The minimum atomic E-state index is 0.779. The van der Waals surface area contributed by atoms with E-state index in [9.17, 15) is 0 Å². The van der Waals surface area contributed by atoms with Crippen molar-refractivity contribution in [2.75, 3.05) is 0 Å². The summed E-state index contributed by atoms with van der Waals surface area (Å²) in [5, 5.41) is 8.27. The van der Waals surface area contributed by atoms with E-state index in [2.05, 4.69) is 4.98 Å². The number of aliphatic hydroxyl groups is 1. The molecule has 1 aromatic rings. The summed E-state index contributed by atoms with van der Waals surface area (Å²) in [4.78, 5) is 5.05. The van der Waals surface area contributed by atoms with E-state index in [0.29, 0.717) is 0 Å². The zero-order chi connectivity index (χ0) is 6.53. The molecule has 0 aliphatic carbocycles. The van der Waals surface area contributed by atoms with Gasteiger partial charge in [-0.15, -0.1) is 11.3 Å². The Balaban J connectivity index is 2.48. The van der Waals surface area contributed by atoms with Crippen LogP contribution in [0.2, 0.25) is 0 Å². The molecule has 0 amide bonds. The molecule has 0 aliphatic heterocycles. The van der Waals surface area contributed by atoms with Gasteiger partial charge in [-0.3, -0.25) is 4.98 Å². The van der Waals surface area contributed by atoms with Crippen LogP contribution in [-0.2, 0) is 6.42 Å². The Labute approximate surface area is 57.5 Å². The molecule has 0 radical (unpaired) electrons. The van der Waals surface area contributed by atoms with Gasteiger partial charge < -0.3 is 5.11 Å². The van der Waals surface area contributed by atoms with E-state index < -0.39 is 0 Å². The molecule has 0 bridgehead atoms. The van der Waals surface area contributed by atoms with E-state index in [1.807, 2.05) is 0 Å². The molecule has 0 saturated carbocycles. The first-order chi connectivity index (χ1) is 4.43. The van der Waals surface area contributed by atoms with E-state index in [4.69, 9.17) is 5.11 Å². The van der Waals surface area contributed by atoms with Crippen LogP contribution in [0.15, 0.2) is 24.0 Å². The molecular weight excluding hydrogens is 134 g/mol. The number of allylic oxidation sites excluding steroid dienone is 1. The van der Waals surface area contributed by atoms with Gasteiger partial charge in [0.2, 0.25) is 0 Å². The summed E-state index contributed by atoms with van der Waals surface area (Å²) in [6.45, 7) is 0. The second kappa shape index (κ2) is 3.25. The van der Waals surface area contributed by atoms with Crippen LogP contribution in [0.25, 0.3) is 0 Å². The molecule has 0 atom stereocenters. The van der Waals surface area contributed by atoms with Gasteiger partial charge in [0.15, 0.2) is 0 Å². The highest BCUT2D eigenvalue weighted by Crippen LogP contribution is 2.05. The largest absolute Gasteiger partial charge is 0.516 e. The van der Waals surface area contributed by atoms with Gasteiger partial charge in [0.25, 0.3) is 0 Å². The number of hydrogen-bond donors (Lipinski definition) is 1. The third kappa shape index (κ3) is 1.85. The van der Waals surface area contributed by atoms with Crippen molar-refractivity contribution < 1.29 is 5.11 Å². The predicted octanol–water partition coefficient (Wildman–Crippen LogP) is 1.76. The maximum atomic E-state index is 8.27. The predicted molar refractivity (Wildman–Crippen MR) is 37.6 cm³/mol. The third-order valence-electron chi connectivity index (χ3n) is 0.908. The van der Waals surface area contributed by atoms with E-state index in [1.54, 1.807) is 29.1 Å². The van der Waals surface area contributed by atoms with Crippen molar-refractivity contribution >= 4 is 11.3 Å². The zero-order valence-electron chi connectivity index (χ0n) is 4.82. The lowest BCUT2D eigenvalue weighted by molar-refractivity contribution is 0.471. The Morgan fingerprint density at radius 3 is 3.22 bits per heavy atom. The van der Waals surface area contributed by atoms with E-state index in [-0.39, 0.29) is 0 Å². The molecule has 0 fully saturated rings. The maximum Gasteiger partial charge on any atom is 0.0794 e. The molecule has 1 aromatic heterocycles. The zero-order valence-corrected chi connectivity index (χ0v) is 5.64. The maximum absolute atomic E-state index is 8.27. The number of hydrogen-bond acceptors (Lipinski definition) is 3. The van der Waals surface area contributed by atoms with E-state index >= 15 is 0 Å². The minimum absolute atomic E-state index is 0.779. The molecule has 9 heavy (non-hydrogen) atoms. The molecule has 0 spiro atoms. The number of aromatic nitrogens is 1. The summed E-state index contributed by atoms with van der Waals surface area (Å²) in [5.41, 5.74) is 1.78. The Bertz CT molecular complexity index is 181. The van der Waals surface area contributed by atoms with Gasteiger partial charge in [-0.1, -0.05) is 0 Å². The Kier molecular flexibility index (Phi) is 2.27. The highest BCUT2D eigenvalue weighted by atomic mass is 32.1. The second-order valence-electron chi connectivity index (χ2n) is 1.56. The van der Waals surface area contributed by atoms with Crippen LogP contribution in [0.4, 0.5) is 0 Å². The van der Waals surface area contributed by atoms with Crippen molar-refractivity contribution in [3.05, 3.63) is 28.9 Å². The SMILES string of the molecule is OC=CCc1cncs1. The molecule has 1 N–H and O–H groups in total. The third-order valence-corrected chi connectivity index (χ3v) is 1.71. The van der Waals surface area contributed by atoms with Gasteiger partial charge in [-0.05, 0) is 6.08 Å². The van der Waals surface area contributed by atoms with Crippen molar-refractivity contribution in [1.29, 1.82) is 0 Å².